The van der Waals surface area contributed by atoms with Crippen molar-refractivity contribution in [3.05, 3.63) is 241 Å². The Hall–Kier alpha value is -7.94. The lowest BCUT2D eigenvalue weighted by Gasteiger charge is -2.22. The first-order valence-electron chi connectivity index (χ1n) is 22.9. The number of rotatable bonds is 6. The fourth-order valence-electron chi connectivity index (χ4n) is 11.1. The highest BCUT2D eigenvalue weighted by Gasteiger charge is 2.35. The monoisotopic (exact) mass is 830 g/mol. The Bertz CT molecular complexity index is 3740. The van der Waals surface area contributed by atoms with E-state index in [0.717, 1.165) is 6.42 Å². The molecule has 1 atom stereocenters. The number of allylic oxidation sites excluding steroid dienone is 4. The standard InChI is InChI=1S/C63H46N2/c1-63(2)57-21-13-12-20-51(57)52-31-30-50(40-58(52)63)65-61-33-25-46(43-18-10-5-11-19-43)37-54(61)56-39-48(27-35-62(56)65)47-26-34-60-55(38-47)53-36-45(42-16-8-4-9-17-42)24-32-59(53)64(60)49-28-22-44(23-29-49)41-14-6-3-7-15-41/h3-14,16-41H,15H2,1-2H3. The highest BCUT2D eigenvalue weighted by Crippen LogP contribution is 2.50. The minimum atomic E-state index is -0.0915. The minimum absolute atomic E-state index is 0.0915. The van der Waals surface area contributed by atoms with Crippen molar-refractivity contribution in [1.29, 1.82) is 0 Å². The summed E-state index contributed by atoms with van der Waals surface area (Å²) in [6.45, 7) is 4.73. The van der Waals surface area contributed by atoms with Crippen molar-refractivity contribution in [2.75, 3.05) is 0 Å². The molecule has 0 fully saturated rings. The van der Waals surface area contributed by atoms with Gasteiger partial charge in [0.1, 0.15) is 0 Å². The second-order valence-electron chi connectivity index (χ2n) is 18.5. The van der Waals surface area contributed by atoms with Crippen molar-refractivity contribution < 1.29 is 0 Å². The van der Waals surface area contributed by atoms with Gasteiger partial charge in [0.05, 0.1) is 22.1 Å². The van der Waals surface area contributed by atoms with Gasteiger partial charge >= 0.3 is 0 Å². The number of hydrogen-bond acceptors (Lipinski definition) is 0. The van der Waals surface area contributed by atoms with Gasteiger partial charge in [-0.1, -0.05) is 166 Å². The first-order valence-corrected chi connectivity index (χ1v) is 22.9. The number of aromatic nitrogens is 2. The van der Waals surface area contributed by atoms with E-state index in [2.05, 4.69) is 247 Å². The molecule has 0 aliphatic heterocycles. The van der Waals surface area contributed by atoms with Gasteiger partial charge < -0.3 is 9.13 Å². The van der Waals surface area contributed by atoms with Gasteiger partial charge in [-0.2, -0.15) is 0 Å². The van der Waals surface area contributed by atoms with E-state index < -0.39 is 0 Å². The second kappa shape index (κ2) is 14.6. The normalized spacial score (nSPS) is 15.0. The Morgan fingerprint density at radius 2 is 0.846 bits per heavy atom. The molecule has 2 aromatic heterocycles. The first-order chi connectivity index (χ1) is 32.0. The van der Waals surface area contributed by atoms with Crippen LogP contribution in [0.25, 0.3) is 99.5 Å². The van der Waals surface area contributed by atoms with Gasteiger partial charge in [-0.25, -0.2) is 0 Å². The summed E-state index contributed by atoms with van der Waals surface area (Å²) < 4.78 is 4.93. The Morgan fingerprint density at radius 3 is 1.37 bits per heavy atom. The zero-order chi connectivity index (χ0) is 43.2. The molecule has 2 aliphatic rings. The maximum atomic E-state index is 2.48. The Kier molecular flexibility index (Phi) is 8.42. The van der Waals surface area contributed by atoms with Gasteiger partial charge in [0.25, 0.3) is 0 Å². The Morgan fingerprint density at radius 1 is 0.385 bits per heavy atom. The van der Waals surface area contributed by atoms with Crippen LogP contribution in [0.5, 0.6) is 0 Å². The van der Waals surface area contributed by atoms with E-state index >= 15 is 0 Å². The number of fused-ring (bicyclic) bond motifs is 9. The van der Waals surface area contributed by atoms with Crippen LogP contribution in [-0.2, 0) is 5.41 Å². The molecule has 2 aliphatic carbocycles. The average Bonchev–Trinajstić information content (AvgIpc) is 3.96. The predicted molar refractivity (Wildman–Crippen MR) is 275 cm³/mol. The third kappa shape index (κ3) is 5.94. The zero-order valence-electron chi connectivity index (χ0n) is 36.5. The summed E-state index contributed by atoms with van der Waals surface area (Å²) in [4.78, 5) is 0. The highest BCUT2D eigenvalue weighted by atomic mass is 15.0. The lowest BCUT2D eigenvalue weighted by atomic mass is 9.82. The molecule has 13 rings (SSSR count). The molecular formula is C63H46N2. The summed E-state index contributed by atoms with van der Waals surface area (Å²) >= 11 is 0. The number of nitrogens with zero attached hydrogens (tertiary/aromatic N) is 2. The van der Waals surface area contributed by atoms with Gasteiger partial charge in [-0.15, -0.1) is 0 Å². The van der Waals surface area contributed by atoms with E-state index in [1.807, 2.05) is 0 Å². The van der Waals surface area contributed by atoms with E-state index in [0.29, 0.717) is 5.92 Å². The molecule has 2 heterocycles. The summed E-state index contributed by atoms with van der Waals surface area (Å²) in [6, 6.07) is 74.9. The van der Waals surface area contributed by atoms with Gasteiger partial charge in [0, 0.05) is 44.3 Å². The molecule has 11 aromatic rings. The third-order valence-corrected chi connectivity index (χ3v) is 14.5. The number of hydrogen-bond donors (Lipinski definition) is 0. The minimum Gasteiger partial charge on any atom is -0.309 e. The van der Waals surface area contributed by atoms with Crippen LogP contribution in [0.4, 0.5) is 0 Å². The summed E-state index contributed by atoms with van der Waals surface area (Å²) in [5.74, 6) is 0.415. The van der Waals surface area contributed by atoms with Crippen molar-refractivity contribution in [1.82, 2.24) is 9.13 Å². The molecule has 2 heteroatoms. The molecule has 2 nitrogen and oxygen atoms in total. The topological polar surface area (TPSA) is 9.86 Å². The maximum absolute atomic E-state index is 2.48. The van der Waals surface area contributed by atoms with Gasteiger partial charge in [0.15, 0.2) is 0 Å². The molecule has 0 saturated heterocycles. The zero-order valence-corrected chi connectivity index (χ0v) is 36.5. The lowest BCUT2D eigenvalue weighted by Crippen LogP contribution is -2.15. The molecule has 0 amide bonds. The fourth-order valence-corrected chi connectivity index (χ4v) is 11.1. The molecule has 0 spiro atoms. The van der Waals surface area contributed by atoms with Gasteiger partial charge in [-0.05, 0) is 140 Å². The van der Waals surface area contributed by atoms with E-state index in [1.54, 1.807) is 0 Å². The molecule has 0 bridgehead atoms. The van der Waals surface area contributed by atoms with E-state index in [1.165, 1.54) is 116 Å². The summed E-state index contributed by atoms with van der Waals surface area (Å²) in [6.07, 6.45) is 9.93. The Balaban J connectivity index is 0.991. The third-order valence-electron chi connectivity index (χ3n) is 14.5. The van der Waals surface area contributed by atoms with Crippen molar-refractivity contribution in [3.63, 3.8) is 0 Å². The van der Waals surface area contributed by atoms with Crippen LogP contribution >= 0.6 is 0 Å². The summed E-state index contributed by atoms with van der Waals surface area (Å²) in [5, 5.41) is 4.99. The molecule has 0 saturated carbocycles. The van der Waals surface area contributed by atoms with Crippen molar-refractivity contribution in [3.8, 4) is 55.9 Å². The van der Waals surface area contributed by atoms with Crippen molar-refractivity contribution >= 4 is 43.6 Å². The van der Waals surface area contributed by atoms with Gasteiger partial charge in [-0.3, -0.25) is 0 Å². The maximum Gasteiger partial charge on any atom is 0.0541 e. The van der Waals surface area contributed by atoms with Crippen molar-refractivity contribution in [2.24, 2.45) is 0 Å². The smallest absolute Gasteiger partial charge is 0.0541 e. The fraction of sp³-hybridized carbons (Fsp3) is 0.0794. The van der Waals surface area contributed by atoms with Crippen LogP contribution in [0.2, 0.25) is 0 Å². The molecular weight excluding hydrogens is 785 g/mol. The first kappa shape index (κ1) is 37.6. The largest absolute Gasteiger partial charge is 0.309 e. The van der Waals surface area contributed by atoms with E-state index in [9.17, 15) is 0 Å². The molecule has 9 aromatic carbocycles. The van der Waals surface area contributed by atoms with Crippen LogP contribution in [0.15, 0.2) is 224 Å². The van der Waals surface area contributed by atoms with Crippen molar-refractivity contribution in [2.45, 2.75) is 31.6 Å². The SMILES string of the molecule is CC1(C)c2ccccc2-c2ccc(-n3c4ccc(-c5ccccc5)cc4c4cc(-c5ccc6c(c5)c5cc(-c7ccccc7)ccc5n6-c5ccc(C6C=CC=CC6)cc5)ccc43)cc21. The van der Waals surface area contributed by atoms with E-state index in [-0.39, 0.29) is 5.41 Å². The molecule has 1 unspecified atom stereocenters. The molecule has 0 radical (unpaired) electrons. The summed E-state index contributed by atoms with van der Waals surface area (Å²) in [5.41, 5.74) is 21.2. The van der Waals surface area contributed by atoms with Crippen LogP contribution in [-0.4, -0.2) is 9.13 Å². The van der Waals surface area contributed by atoms with Crippen LogP contribution in [0, 0.1) is 0 Å². The lowest BCUT2D eigenvalue weighted by molar-refractivity contribution is 0.660. The second-order valence-corrected chi connectivity index (χ2v) is 18.5. The quantitative estimate of drug-likeness (QED) is 0.158. The molecule has 0 N–H and O–H groups in total. The molecule has 308 valence electrons. The number of benzene rings is 9. The highest BCUT2D eigenvalue weighted by molar-refractivity contribution is 6.14. The predicted octanol–water partition coefficient (Wildman–Crippen LogP) is 16.8. The summed E-state index contributed by atoms with van der Waals surface area (Å²) in [7, 11) is 0. The Labute approximate surface area is 379 Å². The molecule has 65 heavy (non-hydrogen) atoms. The van der Waals surface area contributed by atoms with Crippen LogP contribution in [0.3, 0.4) is 0 Å². The average molecular weight is 831 g/mol. The van der Waals surface area contributed by atoms with E-state index in [4.69, 9.17) is 0 Å². The van der Waals surface area contributed by atoms with Crippen LogP contribution in [0.1, 0.15) is 42.9 Å². The van der Waals surface area contributed by atoms with Crippen LogP contribution < -0.4 is 0 Å². The van der Waals surface area contributed by atoms with Gasteiger partial charge in [0.2, 0.25) is 0 Å².